The first-order chi connectivity index (χ1) is 9.27. The van der Waals surface area contributed by atoms with E-state index in [-0.39, 0.29) is 17.8 Å². The number of hydrogen-bond acceptors (Lipinski definition) is 2. The van der Waals surface area contributed by atoms with Gasteiger partial charge in [0.1, 0.15) is 11.5 Å². The Kier molecular flexibility index (Phi) is 3.03. The van der Waals surface area contributed by atoms with E-state index in [0.717, 1.165) is 12.8 Å². The third kappa shape index (κ3) is 2.12. The Labute approximate surface area is 110 Å². The van der Waals surface area contributed by atoms with E-state index < -0.39 is 0 Å². The van der Waals surface area contributed by atoms with E-state index in [0.29, 0.717) is 17.8 Å². The van der Waals surface area contributed by atoms with E-state index in [1.54, 1.807) is 23.1 Å². The van der Waals surface area contributed by atoms with Crippen molar-refractivity contribution >= 4 is 5.91 Å². The normalized spacial score (nSPS) is 18.8. The van der Waals surface area contributed by atoms with Crippen molar-refractivity contribution in [2.75, 3.05) is 6.54 Å². The molecule has 0 aliphatic carbocycles. The first kappa shape index (κ1) is 11.9. The average Bonchev–Trinajstić information content (AvgIpc) is 3.10. The predicted molar refractivity (Wildman–Crippen MR) is 68.0 cm³/mol. The number of halogens is 1. The highest BCUT2D eigenvalue weighted by molar-refractivity contribution is 5.92. The Morgan fingerprint density at radius 3 is 3.00 bits per heavy atom. The molecule has 0 radical (unpaired) electrons. The topological polar surface area (TPSA) is 49.0 Å². The van der Waals surface area contributed by atoms with Gasteiger partial charge in [-0.1, -0.05) is 18.2 Å². The second-order valence-electron chi connectivity index (χ2n) is 4.64. The third-order valence-corrected chi connectivity index (χ3v) is 3.51. The summed E-state index contributed by atoms with van der Waals surface area (Å²) in [4.78, 5) is 20.7. The lowest BCUT2D eigenvalue weighted by Crippen LogP contribution is -2.31. The lowest BCUT2D eigenvalue weighted by Gasteiger charge is -2.24. The molecule has 0 unspecified atom stereocenters. The highest BCUT2D eigenvalue weighted by atomic mass is 19.1. The second-order valence-corrected chi connectivity index (χ2v) is 4.64. The number of likely N-dealkylation sites (tertiary alicyclic amines) is 1. The molecule has 98 valence electrons. The van der Waals surface area contributed by atoms with Gasteiger partial charge in [-0.05, 0) is 18.9 Å². The summed E-state index contributed by atoms with van der Waals surface area (Å²) in [6, 6.07) is 6.46. The number of carbonyl (C=O) groups is 1. The van der Waals surface area contributed by atoms with Crippen molar-refractivity contribution in [1.29, 1.82) is 0 Å². The standard InChI is InChI=1S/C14H14FN3O/c15-11-5-2-1-4-10(11)13-6-3-7-18(13)14(19)12-8-16-9-17-12/h1-2,4-5,8-9,13H,3,6-7H2,(H,16,17)/t13-/m0/s1. The molecule has 0 saturated carbocycles. The van der Waals surface area contributed by atoms with E-state index in [2.05, 4.69) is 9.97 Å². The van der Waals surface area contributed by atoms with Crippen LogP contribution in [-0.2, 0) is 0 Å². The number of nitrogens with one attached hydrogen (secondary N) is 1. The molecule has 0 bridgehead atoms. The highest BCUT2D eigenvalue weighted by Gasteiger charge is 2.32. The van der Waals surface area contributed by atoms with Gasteiger partial charge in [0.2, 0.25) is 0 Å². The number of H-pyrrole nitrogens is 1. The molecule has 19 heavy (non-hydrogen) atoms. The van der Waals surface area contributed by atoms with Crippen LogP contribution in [0.3, 0.4) is 0 Å². The molecule has 1 N–H and O–H groups in total. The molecule has 1 aliphatic heterocycles. The molecule has 1 atom stereocenters. The largest absolute Gasteiger partial charge is 0.341 e. The molecule has 4 nitrogen and oxygen atoms in total. The van der Waals surface area contributed by atoms with Crippen molar-refractivity contribution < 1.29 is 9.18 Å². The molecular formula is C14H14FN3O. The molecule has 1 amide bonds. The van der Waals surface area contributed by atoms with Crippen molar-refractivity contribution in [3.8, 4) is 0 Å². The molecule has 1 fully saturated rings. The molecule has 5 heteroatoms. The molecule has 1 saturated heterocycles. The number of imidazole rings is 1. The minimum Gasteiger partial charge on any atom is -0.341 e. The maximum absolute atomic E-state index is 13.9. The summed E-state index contributed by atoms with van der Waals surface area (Å²) in [5.41, 5.74) is 1.04. The Hall–Kier alpha value is -2.17. The molecule has 2 heterocycles. The van der Waals surface area contributed by atoms with Crippen LogP contribution in [0.25, 0.3) is 0 Å². The van der Waals surface area contributed by atoms with Crippen molar-refractivity contribution in [2.24, 2.45) is 0 Å². The minimum atomic E-state index is -0.253. The number of hydrogen-bond donors (Lipinski definition) is 1. The monoisotopic (exact) mass is 259 g/mol. The zero-order valence-electron chi connectivity index (χ0n) is 10.3. The van der Waals surface area contributed by atoms with Gasteiger partial charge in [-0.2, -0.15) is 0 Å². The lowest BCUT2D eigenvalue weighted by atomic mass is 10.0. The molecule has 1 aliphatic rings. The quantitative estimate of drug-likeness (QED) is 0.901. The summed E-state index contributed by atoms with van der Waals surface area (Å²) >= 11 is 0. The molecule has 1 aromatic carbocycles. The van der Waals surface area contributed by atoms with Crippen molar-refractivity contribution in [3.63, 3.8) is 0 Å². The van der Waals surface area contributed by atoms with Gasteiger partial charge in [-0.3, -0.25) is 4.79 Å². The van der Waals surface area contributed by atoms with Gasteiger partial charge < -0.3 is 9.88 Å². The molecule has 2 aromatic rings. The average molecular weight is 259 g/mol. The van der Waals surface area contributed by atoms with Crippen molar-refractivity contribution in [1.82, 2.24) is 14.9 Å². The summed E-state index contributed by atoms with van der Waals surface area (Å²) in [5, 5.41) is 0. The second kappa shape index (κ2) is 4.84. The molecule has 1 aromatic heterocycles. The Bertz CT molecular complexity index is 582. The van der Waals surface area contributed by atoms with Crippen LogP contribution < -0.4 is 0 Å². The Morgan fingerprint density at radius 1 is 1.42 bits per heavy atom. The van der Waals surface area contributed by atoms with Gasteiger partial charge in [0.05, 0.1) is 18.6 Å². The van der Waals surface area contributed by atoms with Crippen LogP contribution in [0, 0.1) is 5.82 Å². The number of benzene rings is 1. The summed E-state index contributed by atoms with van der Waals surface area (Å²) in [6.07, 6.45) is 4.65. The number of aromatic amines is 1. The number of nitrogens with zero attached hydrogens (tertiary/aromatic N) is 2. The van der Waals surface area contributed by atoms with Crippen molar-refractivity contribution in [3.05, 3.63) is 53.9 Å². The van der Waals surface area contributed by atoms with Gasteiger partial charge in [-0.15, -0.1) is 0 Å². The Balaban J connectivity index is 1.90. The van der Waals surface area contributed by atoms with E-state index in [1.807, 2.05) is 0 Å². The van der Waals surface area contributed by atoms with Crippen LogP contribution in [0.1, 0.15) is 34.9 Å². The Morgan fingerprint density at radius 2 is 2.26 bits per heavy atom. The van der Waals surface area contributed by atoms with Gasteiger partial charge in [0.15, 0.2) is 0 Å². The fourth-order valence-corrected chi connectivity index (χ4v) is 2.61. The lowest BCUT2D eigenvalue weighted by molar-refractivity contribution is 0.0728. The van der Waals surface area contributed by atoms with Gasteiger partial charge >= 0.3 is 0 Å². The SMILES string of the molecule is O=C(c1cnc[nH]1)N1CCC[C@H]1c1ccccc1F. The van der Waals surface area contributed by atoms with E-state index in [9.17, 15) is 9.18 Å². The van der Waals surface area contributed by atoms with Gasteiger partial charge in [-0.25, -0.2) is 9.37 Å². The summed E-state index contributed by atoms with van der Waals surface area (Å²) in [7, 11) is 0. The van der Waals surface area contributed by atoms with Crippen LogP contribution in [0.5, 0.6) is 0 Å². The highest BCUT2D eigenvalue weighted by Crippen LogP contribution is 2.34. The fourth-order valence-electron chi connectivity index (χ4n) is 2.61. The molecular weight excluding hydrogens is 245 g/mol. The van der Waals surface area contributed by atoms with E-state index in [1.165, 1.54) is 18.6 Å². The van der Waals surface area contributed by atoms with Crippen LogP contribution in [-0.4, -0.2) is 27.3 Å². The number of carbonyl (C=O) groups excluding carboxylic acids is 1. The number of amides is 1. The van der Waals surface area contributed by atoms with Crippen LogP contribution in [0.2, 0.25) is 0 Å². The number of aromatic nitrogens is 2. The van der Waals surface area contributed by atoms with Crippen LogP contribution in [0.15, 0.2) is 36.8 Å². The first-order valence-corrected chi connectivity index (χ1v) is 6.31. The summed E-state index contributed by atoms with van der Waals surface area (Å²) in [5.74, 6) is -0.375. The zero-order valence-corrected chi connectivity index (χ0v) is 10.3. The van der Waals surface area contributed by atoms with Crippen LogP contribution >= 0.6 is 0 Å². The minimum absolute atomic E-state index is 0.122. The smallest absolute Gasteiger partial charge is 0.272 e. The summed E-state index contributed by atoms with van der Waals surface area (Å²) in [6.45, 7) is 0.650. The molecule has 3 rings (SSSR count). The van der Waals surface area contributed by atoms with Gasteiger partial charge in [0.25, 0.3) is 5.91 Å². The summed E-state index contributed by atoms with van der Waals surface area (Å²) < 4.78 is 13.9. The maximum atomic E-state index is 13.9. The van der Waals surface area contributed by atoms with Crippen molar-refractivity contribution in [2.45, 2.75) is 18.9 Å². The van der Waals surface area contributed by atoms with E-state index in [4.69, 9.17) is 0 Å². The number of rotatable bonds is 2. The third-order valence-electron chi connectivity index (χ3n) is 3.51. The maximum Gasteiger partial charge on any atom is 0.272 e. The van der Waals surface area contributed by atoms with Crippen LogP contribution in [0.4, 0.5) is 4.39 Å². The zero-order chi connectivity index (χ0) is 13.2. The predicted octanol–water partition coefficient (Wildman–Crippen LogP) is 2.53. The molecule has 0 spiro atoms. The van der Waals surface area contributed by atoms with E-state index >= 15 is 0 Å². The first-order valence-electron chi connectivity index (χ1n) is 6.31. The van der Waals surface area contributed by atoms with Gasteiger partial charge in [0, 0.05) is 12.1 Å². The fraction of sp³-hybridized carbons (Fsp3) is 0.286.